The van der Waals surface area contributed by atoms with Crippen molar-refractivity contribution in [2.24, 2.45) is 0 Å². The molecule has 0 radical (unpaired) electrons. The predicted octanol–water partition coefficient (Wildman–Crippen LogP) is 4.62. The lowest BCUT2D eigenvalue weighted by Crippen LogP contribution is -2.11. The van der Waals surface area contributed by atoms with Crippen molar-refractivity contribution in [2.45, 2.75) is 6.92 Å². The molecule has 0 atom stereocenters. The molecule has 0 saturated heterocycles. The molecule has 1 amide bonds. The van der Waals surface area contributed by atoms with Crippen LogP contribution in [0, 0.1) is 6.92 Å². The second kappa shape index (κ2) is 10.8. The summed E-state index contributed by atoms with van der Waals surface area (Å²) >= 11 is 0. The second-order valence-electron chi connectivity index (χ2n) is 7.19. The number of aryl methyl sites for hydroxylation is 1. The van der Waals surface area contributed by atoms with Gasteiger partial charge in [0.25, 0.3) is 5.91 Å². The molecular weight excluding hydrogens is 422 g/mol. The molecule has 2 N–H and O–H groups in total. The van der Waals surface area contributed by atoms with Crippen molar-refractivity contribution in [3.63, 3.8) is 0 Å². The number of amides is 1. The van der Waals surface area contributed by atoms with Crippen LogP contribution in [0.5, 0.6) is 11.5 Å². The fourth-order valence-corrected chi connectivity index (χ4v) is 2.98. The number of ether oxygens (including phenoxy) is 2. The molecule has 0 aliphatic heterocycles. The first kappa shape index (κ1) is 23.3. The lowest BCUT2D eigenvalue weighted by atomic mass is 10.1. The van der Waals surface area contributed by atoms with E-state index >= 15 is 0 Å². The number of allylic oxidation sites excluding steroid dienone is 1. The smallest absolute Gasteiger partial charge is 0.341 e. The van der Waals surface area contributed by atoms with E-state index in [9.17, 15) is 14.4 Å². The van der Waals surface area contributed by atoms with Gasteiger partial charge in [0.2, 0.25) is 0 Å². The maximum Gasteiger partial charge on any atom is 0.341 e. The minimum atomic E-state index is -1.11. The minimum Gasteiger partial charge on any atom is -0.493 e. The van der Waals surface area contributed by atoms with Crippen LogP contribution in [-0.2, 0) is 4.79 Å². The van der Waals surface area contributed by atoms with E-state index in [0.29, 0.717) is 16.8 Å². The van der Waals surface area contributed by atoms with E-state index in [-0.39, 0.29) is 23.2 Å². The molecule has 0 bridgehead atoms. The Morgan fingerprint density at radius 1 is 0.939 bits per heavy atom. The number of aliphatic carboxylic acids is 1. The number of carbonyl (C=O) groups is 3. The summed E-state index contributed by atoms with van der Waals surface area (Å²) in [5.74, 6) is -1.11. The Kier molecular flexibility index (Phi) is 7.60. The molecule has 0 spiro atoms. The molecule has 0 aliphatic rings. The number of methoxy groups -OCH3 is 1. The van der Waals surface area contributed by atoms with Gasteiger partial charge in [-0.1, -0.05) is 35.9 Å². The van der Waals surface area contributed by atoms with Crippen LogP contribution < -0.4 is 14.8 Å². The highest BCUT2D eigenvalue weighted by molar-refractivity contribution is 6.07. The third kappa shape index (κ3) is 6.54. The summed E-state index contributed by atoms with van der Waals surface area (Å²) in [6, 6.07) is 18.9. The van der Waals surface area contributed by atoms with E-state index < -0.39 is 12.6 Å². The van der Waals surface area contributed by atoms with Crippen molar-refractivity contribution in [3.8, 4) is 11.5 Å². The van der Waals surface area contributed by atoms with Crippen LogP contribution in [0.1, 0.15) is 31.8 Å². The normalized spacial score (nSPS) is 10.6. The Hall–Kier alpha value is -4.39. The Labute approximate surface area is 191 Å². The molecule has 7 heteroatoms. The molecule has 0 fully saturated rings. The highest BCUT2D eigenvalue weighted by atomic mass is 16.5. The van der Waals surface area contributed by atoms with Crippen molar-refractivity contribution < 1.29 is 29.0 Å². The second-order valence-corrected chi connectivity index (χ2v) is 7.19. The Morgan fingerprint density at radius 2 is 1.67 bits per heavy atom. The van der Waals surface area contributed by atoms with E-state index in [2.05, 4.69) is 5.32 Å². The van der Waals surface area contributed by atoms with Crippen LogP contribution in [0.4, 0.5) is 5.69 Å². The van der Waals surface area contributed by atoms with Crippen LogP contribution >= 0.6 is 0 Å². The third-order valence-electron chi connectivity index (χ3n) is 4.68. The molecule has 0 aromatic heterocycles. The molecule has 0 aliphatic carbocycles. The summed E-state index contributed by atoms with van der Waals surface area (Å²) in [6.45, 7) is 1.44. The molecule has 33 heavy (non-hydrogen) atoms. The molecule has 0 heterocycles. The number of rotatable bonds is 9. The Bertz CT molecular complexity index is 1200. The summed E-state index contributed by atoms with van der Waals surface area (Å²) in [6.07, 6.45) is 3.05. The van der Waals surface area contributed by atoms with Gasteiger partial charge in [-0.15, -0.1) is 0 Å². The van der Waals surface area contributed by atoms with Crippen LogP contribution in [0.3, 0.4) is 0 Å². The van der Waals surface area contributed by atoms with E-state index in [1.807, 2.05) is 25.1 Å². The van der Waals surface area contributed by atoms with Crippen LogP contribution in [-0.4, -0.2) is 36.5 Å². The fraction of sp³-hybridized carbons (Fsp3) is 0.115. The maximum absolute atomic E-state index is 12.6. The molecule has 168 valence electrons. The van der Waals surface area contributed by atoms with E-state index in [1.165, 1.54) is 31.4 Å². The predicted molar refractivity (Wildman–Crippen MR) is 125 cm³/mol. The van der Waals surface area contributed by atoms with Crippen molar-refractivity contribution in [3.05, 3.63) is 95.1 Å². The zero-order chi connectivity index (χ0) is 23.8. The average molecular weight is 445 g/mol. The Morgan fingerprint density at radius 3 is 2.36 bits per heavy atom. The summed E-state index contributed by atoms with van der Waals surface area (Å²) in [5, 5.41) is 11.6. The maximum atomic E-state index is 12.6. The van der Waals surface area contributed by atoms with Gasteiger partial charge in [0.15, 0.2) is 23.9 Å². The number of hydrogen-bond donors (Lipinski definition) is 2. The molecule has 0 saturated carbocycles. The standard InChI is InChI=1S/C26H23NO6/c1-17-6-9-19(10-7-17)26(31)27-21-5-3-4-18(14-21)8-12-22(28)20-11-13-23(24(15-20)32-2)33-16-25(29)30/h3-15H,16H2,1-2H3,(H,27,31)(H,29,30)/b12-8+. The van der Waals surface area contributed by atoms with Gasteiger partial charge in [0.1, 0.15) is 0 Å². The summed E-state index contributed by atoms with van der Waals surface area (Å²) in [4.78, 5) is 35.7. The van der Waals surface area contributed by atoms with Crippen molar-refractivity contribution in [2.75, 3.05) is 19.0 Å². The van der Waals surface area contributed by atoms with Gasteiger partial charge < -0.3 is 19.9 Å². The van der Waals surface area contributed by atoms with Gasteiger partial charge >= 0.3 is 5.97 Å². The van der Waals surface area contributed by atoms with Crippen LogP contribution in [0.2, 0.25) is 0 Å². The summed E-state index contributed by atoms with van der Waals surface area (Å²) in [7, 11) is 1.41. The van der Waals surface area contributed by atoms with Gasteiger partial charge in [-0.2, -0.15) is 0 Å². The number of nitrogens with one attached hydrogen (secondary N) is 1. The number of hydrogen-bond acceptors (Lipinski definition) is 5. The molecule has 0 unspecified atom stereocenters. The zero-order valence-corrected chi connectivity index (χ0v) is 18.2. The van der Waals surface area contributed by atoms with Gasteiger partial charge in [0.05, 0.1) is 7.11 Å². The number of carboxylic acids is 1. The van der Waals surface area contributed by atoms with E-state index in [1.54, 1.807) is 36.4 Å². The molecule has 3 aromatic rings. The first-order valence-electron chi connectivity index (χ1n) is 10.1. The molecule has 7 nitrogen and oxygen atoms in total. The third-order valence-corrected chi connectivity index (χ3v) is 4.68. The average Bonchev–Trinajstić information content (AvgIpc) is 2.81. The van der Waals surface area contributed by atoms with Crippen LogP contribution in [0.15, 0.2) is 72.8 Å². The largest absolute Gasteiger partial charge is 0.493 e. The topological polar surface area (TPSA) is 102 Å². The van der Waals surface area contributed by atoms with E-state index in [0.717, 1.165) is 11.1 Å². The fourth-order valence-electron chi connectivity index (χ4n) is 2.98. The summed E-state index contributed by atoms with van der Waals surface area (Å²) in [5.41, 5.74) is 3.33. The number of carbonyl (C=O) groups excluding carboxylic acids is 2. The number of anilines is 1. The SMILES string of the molecule is COc1cc(C(=O)/C=C/c2cccc(NC(=O)c3ccc(C)cc3)c2)ccc1OCC(=O)O. The molecule has 3 rings (SSSR count). The summed E-state index contributed by atoms with van der Waals surface area (Å²) < 4.78 is 10.3. The lowest BCUT2D eigenvalue weighted by molar-refractivity contribution is -0.139. The Balaban J connectivity index is 1.69. The van der Waals surface area contributed by atoms with Gasteiger partial charge in [-0.25, -0.2) is 4.79 Å². The number of benzene rings is 3. The zero-order valence-electron chi connectivity index (χ0n) is 18.2. The number of ketones is 1. The minimum absolute atomic E-state index is 0.218. The van der Waals surface area contributed by atoms with Crippen molar-refractivity contribution >= 4 is 29.4 Å². The molecular formula is C26H23NO6. The van der Waals surface area contributed by atoms with Gasteiger partial charge in [-0.3, -0.25) is 9.59 Å². The highest BCUT2D eigenvalue weighted by Crippen LogP contribution is 2.28. The number of carboxylic acid groups (broad SMARTS) is 1. The van der Waals surface area contributed by atoms with Crippen LogP contribution in [0.25, 0.3) is 6.08 Å². The first-order valence-corrected chi connectivity index (χ1v) is 10.1. The lowest BCUT2D eigenvalue weighted by Gasteiger charge is -2.10. The quantitative estimate of drug-likeness (QED) is 0.368. The monoisotopic (exact) mass is 445 g/mol. The highest BCUT2D eigenvalue weighted by Gasteiger charge is 2.11. The van der Waals surface area contributed by atoms with E-state index in [4.69, 9.17) is 14.6 Å². The first-order chi connectivity index (χ1) is 15.9. The van der Waals surface area contributed by atoms with Crippen molar-refractivity contribution in [1.29, 1.82) is 0 Å². The van der Waals surface area contributed by atoms with Gasteiger partial charge in [-0.05, 0) is 61.0 Å². The van der Waals surface area contributed by atoms with Gasteiger partial charge in [0, 0.05) is 16.8 Å². The molecule has 3 aromatic carbocycles. The van der Waals surface area contributed by atoms with Crippen molar-refractivity contribution in [1.82, 2.24) is 0 Å².